The Morgan fingerprint density at radius 3 is 2.73 bits per heavy atom. The average Bonchev–Trinajstić information content (AvgIpc) is 3.17. The van der Waals surface area contributed by atoms with Crippen LogP contribution in [-0.2, 0) is 11.2 Å². The normalized spacial score (nSPS) is 13.4. The van der Waals surface area contributed by atoms with Crippen molar-refractivity contribution >= 4 is 28.3 Å². The first-order chi connectivity index (χ1) is 14.3. The van der Waals surface area contributed by atoms with E-state index < -0.39 is 6.04 Å². The second-order valence-corrected chi connectivity index (χ2v) is 8.77. The van der Waals surface area contributed by atoms with E-state index in [1.165, 1.54) is 17.6 Å². The summed E-state index contributed by atoms with van der Waals surface area (Å²) in [5.41, 5.74) is 6.11. The van der Waals surface area contributed by atoms with Crippen LogP contribution in [0.5, 0.6) is 5.75 Å². The molecule has 30 heavy (non-hydrogen) atoms. The molecule has 0 aliphatic rings. The minimum atomic E-state index is -0.452. The molecular weight excluding hydrogens is 400 g/mol. The number of unbranched alkanes of at least 4 members (excludes halogenated alkanes) is 1. The lowest BCUT2D eigenvalue weighted by Crippen LogP contribution is -2.68. The number of carbonyl (C=O) groups is 1. The zero-order chi connectivity index (χ0) is 21.8. The van der Waals surface area contributed by atoms with E-state index in [0.29, 0.717) is 34.4 Å². The molecule has 3 aromatic rings. The molecule has 0 spiro atoms. The van der Waals surface area contributed by atoms with Crippen LogP contribution in [0.4, 0.5) is 0 Å². The molecule has 0 bridgehead atoms. The molecule has 0 fully saturated rings. The van der Waals surface area contributed by atoms with Gasteiger partial charge in [0.05, 0.1) is 21.7 Å². The number of thiazole rings is 1. The minimum Gasteiger partial charge on any atom is -0.463 e. The summed E-state index contributed by atoms with van der Waals surface area (Å²) in [6.07, 6.45) is 4.89. The van der Waals surface area contributed by atoms with Gasteiger partial charge in [-0.25, -0.2) is 9.78 Å². The van der Waals surface area contributed by atoms with Gasteiger partial charge in [-0.1, -0.05) is 27.2 Å². The van der Waals surface area contributed by atoms with Crippen molar-refractivity contribution in [1.29, 1.82) is 0 Å². The summed E-state index contributed by atoms with van der Waals surface area (Å²) in [6.45, 7) is 8.00. The molecule has 3 N–H and O–H groups in total. The summed E-state index contributed by atoms with van der Waals surface area (Å²) in [5, 5.41) is 3.21. The number of ether oxygens (including phenoxy) is 1. The van der Waals surface area contributed by atoms with Crippen molar-refractivity contribution in [2.24, 2.45) is 5.92 Å². The molecule has 7 heteroatoms. The fourth-order valence-electron chi connectivity index (χ4n) is 3.22. The van der Waals surface area contributed by atoms with Gasteiger partial charge in [-0.15, -0.1) is 11.3 Å². The van der Waals surface area contributed by atoms with Crippen LogP contribution in [0.2, 0.25) is 0 Å². The van der Waals surface area contributed by atoms with Gasteiger partial charge in [-0.05, 0) is 37.8 Å². The predicted octanol–water partition coefficient (Wildman–Crippen LogP) is 4.13. The Bertz CT molecular complexity index is 1100. The third-order valence-corrected chi connectivity index (χ3v) is 6.27. The maximum atomic E-state index is 13.1. The fourth-order valence-corrected chi connectivity index (χ4v) is 3.84. The number of aryl methyl sites for hydroxylation is 2. The van der Waals surface area contributed by atoms with Gasteiger partial charge in [-0.3, -0.25) is 4.79 Å². The lowest BCUT2D eigenvalue weighted by Gasteiger charge is -2.16. The Morgan fingerprint density at radius 1 is 1.33 bits per heavy atom. The quantitative estimate of drug-likeness (QED) is 0.429. The Kier molecular flexibility index (Phi) is 7.05. The first-order valence-corrected chi connectivity index (χ1v) is 11.3. The van der Waals surface area contributed by atoms with Crippen molar-refractivity contribution in [2.75, 3.05) is 0 Å². The SMILES string of the molecule is CCCCc1cc2c(=O)c(-c3csc(C)n3)coc2cc1OC(=O)[C@H]([NH3+])[C@H](C)CC. The molecule has 2 atom stereocenters. The van der Waals surface area contributed by atoms with Crippen LogP contribution < -0.4 is 15.9 Å². The summed E-state index contributed by atoms with van der Waals surface area (Å²) in [5.74, 6) is 0.204. The molecule has 6 nitrogen and oxygen atoms in total. The summed E-state index contributed by atoms with van der Waals surface area (Å²) >= 11 is 1.49. The van der Waals surface area contributed by atoms with Crippen molar-refractivity contribution < 1.29 is 19.7 Å². The zero-order valence-electron chi connectivity index (χ0n) is 18.0. The lowest BCUT2D eigenvalue weighted by atomic mass is 10.00. The second kappa shape index (κ2) is 9.53. The smallest absolute Gasteiger partial charge is 0.370 e. The summed E-state index contributed by atoms with van der Waals surface area (Å²) in [6, 6.07) is 3.00. The minimum absolute atomic E-state index is 0.124. The highest BCUT2D eigenvalue weighted by atomic mass is 32.1. The molecule has 160 valence electrons. The van der Waals surface area contributed by atoms with E-state index in [1.807, 2.05) is 26.2 Å². The number of esters is 1. The number of hydrogen-bond acceptors (Lipinski definition) is 6. The molecule has 0 radical (unpaired) electrons. The molecule has 0 aliphatic carbocycles. The van der Waals surface area contributed by atoms with Crippen LogP contribution in [-0.4, -0.2) is 17.0 Å². The van der Waals surface area contributed by atoms with E-state index >= 15 is 0 Å². The van der Waals surface area contributed by atoms with Crippen LogP contribution in [0.15, 0.2) is 33.0 Å². The number of hydrogen-bond donors (Lipinski definition) is 1. The maximum absolute atomic E-state index is 13.1. The number of quaternary nitrogens is 1. The third kappa shape index (κ3) is 4.63. The molecule has 0 saturated carbocycles. The van der Waals surface area contributed by atoms with Crippen molar-refractivity contribution in [3.8, 4) is 17.0 Å². The van der Waals surface area contributed by atoms with Gasteiger partial charge >= 0.3 is 5.97 Å². The fraction of sp³-hybridized carbons (Fsp3) is 0.435. The highest BCUT2D eigenvalue weighted by Crippen LogP contribution is 2.29. The van der Waals surface area contributed by atoms with Gasteiger partial charge in [-0.2, -0.15) is 0 Å². The van der Waals surface area contributed by atoms with Crippen LogP contribution in [0.25, 0.3) is 22.2 Å². The van der Waals surface area contributed by atoms with Gasteiger partial charge < -0.3 is 14.9 Å². The van der Waals surface area contributed by atoms with Crippen molar-refractivity contribution in [1.82, 2.24) is 4.98 Å². The Balaban J connectivity index is 2.05. The number of carbonyl (C=O) groups excluding carboxylic acids is 1. The van der Waals surface area contributed by atoms with Gasteiger partial charge in [0.2, 0.25) is 5.43 Å². The number of aromatic nitrogens is 1. The largest absolute Gasteiger partial charge is 0.463 e. The number of benzene rings is 1. The van der Waals surface area contributed by atoms with E-state index in [9.17, 15) is 9.59 Å². The van der Waals surface area contributed by atoms with E-state index in [1.54, 1.807) is 12.1 Å². The standard InChI is InChI=1S/C23H28N2O4S/c1-5-7-8-15-9-16-20(10-19(15)29-23(27)21(24)13(3)6-2)28-11-17(22(16)26)18-12-30-14(4)25-18/h9-13,21H,5-8,24H2,1-4H3/p+1/t13-,21-/m1/s1. The molecule has 0 saturated heterocycles. The second-order valence-electron chi connectivity index (χ2n) is 7.70. The highest BCUT2D eigenvalue weighted by Gasteiger charge is 2.26. The van der Waals surface area contributed by atoms with Crippen LogP contribution in [0.3, 0.4) is 0 Å². The maximum Gasteiger partial charge on any atom is 0.370 e. The first-order valence-electron chi connectivity index (χ1n) is 10.4. The molecule has 0 amide bonds. The molecular formula is C23H29N2O4S+. The molecule has 2 aromatic heterocycles. The lowest BCUT2D eigenvalue weighted by molar-refractivity contribution is -0.418. The number of fused-ring (bicyclic) bond motifs is 1. The Labute approximate surface area is 180 Å². The van der Waals surface area contributed by atoms with Crippen molar-refractivity contribution in [2.45, 2.75) is 59.4 Å². The van der Waals surface area contributed by atoms with Crippen molar-refractivity contribution in [3.63, 3.8) is 0 Å². The zero-order valence-corrected chi connectivity index (χ0v) is 18.8. The highest BCUT2D eigenvalue weighted by molar-refractivity contribution is 7.09. The van der Waals surface area contributed by atoms with Crippen LogP contribution >= 0.6 is 11.3 Å². The van der Waals surface area contributed by atoms with E-state index in [0.717, 1.165) is 29.8 Å². The summed E-state index contributed by atoms with van der Waals surface area (Å²) in [7, 11) is 0. The van der Waals surface area contributed by atoms with Crippen molar-refractivity contribution in [3.05, 3.63) is 44.6 Å². The Morgan fingerprint density at radius 2 is 2.10 bits per heavy atom. The Hall–Kier alpha value is -2.51. The van der Waals surface area contributed by atoms with Gasteiger partial charge in [0.1, 0.15) is 17.6 Å². The van der Waals surface area contributed by atoms with Crippen LogP contribution in [0.1, 0.15) is 50.6 Å². The van der Waals surface area contributed by atoms with E-state index in [-0.39, 0.29) is 17.3 Å². The van der Waals surface area contributed by atoms with E-state index in [2.05, 4.69) is 17.6 Å². The van der Waals surface area contributed by atoms with Gasteiger partial charge in [0, 0.05) is 17.4 Å². The predicted molar refractivity (Wildman–Crippen MR) is 119 cm³/mol. The monoisotopic (exact) mass is 429 g/mol. The number of nitrogens with zero attached hydrogens (tertiary/aromatic N) is 1. The van der Waals surface area contributed by atoms with Crippen LogP contribution in [0, 0.1) is 12.8 Å². The summed E-state index contributed by atoms with van der Waals surface area (Å²) < 4.78 is 11.5. The average molecular weight is 430 g/mol. The molecule has 1 aromatic carbocycles. The third-order valence-electron chi connectivity index (χ3n) is 5.49. The summed E-state index contributed by atoms with van der Waals surface area (Å²) in [4.78, 5) is 30.1. The topological polar surface area (TPSA) is 97.0 Å². The van der Waals surface area contributed by atoms with Gasteiger partial charge in [0.15, 0.2) is 6.04 Å². The molecule has 2 heterocycles. The molecule has 0 aliphatic heterocycles. The van der Waals surface area contributed by atoms with Gasteiger partial charge in [0.25, 0.3) is 0 Å². The molecule has 0 unspecified atom stereocenters. The molecule has 3 rings (SSSR count). The van der Waals surface area contributed by atoms with E-state index in [4.69, 9.17) is 9.15 Å². The first kappa shape index (κ1) is 22.2. The number of rotatable bonds is 8.